The maximum absolute atomic E-state index is 10.2. The SMILES string of the molecule is CCOC(=O)CC.CCOC(C)=O.Nc1ccc2c(c1)CCCO2. The van der Waals surface area contributed by atoms with Gasteiger partial charge in [-0.3, -0.25) is 9.59 Å². The summed E-state index contributed by atoms with van der Waals surface area (Å²) in [7, 11) is 0. The monoisotopic (exact) mass is 339 g/mol. The van der Waals surface area contributed by atoms with E-state index in [1.54, 1.807) is 20.8 Å². The molecular formula is C18H29NO5. The van der Waals surface area contributed by atoms with E-state index >= 15 is 0 Å². The van der Waals surface area contributed by atoms with Gasteiger partial charge < -0.3 is 19.9 Å². The van der Waals surface area contributed by atoms with Crippen molar-refractivity contribution in [3.63, 3.8) is 0 Å². The van der Waals surface area contributed by atoms with Crippen LogP contribution in [0.1, 0.15) is 46.1 Å². The molecule has 1 aliphatic heterocycles. The first-order valence-electron chi connectivity index (χ1n) is 8.24. The molecule has 0 saturated carbocycles. The van der Waals surface area contributed by atoms with Crippen molar-refractivity contribution in [2.75, 3.05) is 25.6 Å². The zero-order valence-corrected chi connectivity index (χ0v) is 15.1. The van der Waals surface area contributed by atoms with E-state index in [0.29, 0.717) is 19.6 Å². The number of fused-ring (bicyclic) bond motifs is 1. The average molecular weight is 339 g/mol. The Hall–Kier alpha value is -2.24. The first kappa shape index (κ1) is 21.8. The van der Waals surface area contributed by atoms with Crippen molar-refractivity contribution >= 4 is 17.6 Å². The molecule has 0 radical (unpaired) electrons. The van der Waals surface area contributed by atoms with Gasteiger partial charge in [-0.15, -0.1) is 0 Å². The first-order valence-corrected chi connectivity index (χ1v) is 8.24. The van der Waals surface area contributed by atoms with E-state index in [1.807, 2.05) is 18.2 Å². The Balaban J connectivity index is 0.000000357. The van der Waals surface area contributed by atoms with Crippen LogP contribution in [0.3, 0.4) is 0 Å². The lowest BCUT2D eigenvalue weighted by Gasteiger charge is -2.16. The number of nitrogen functional groups attached to an aromatic ring is 1. The molecule has 0 bridgehead atoms. The van der Waals surface area contributed by atoms with Crippen LogP contribution < -0.4 is 10.5 Å². The molecule has 0 atom stereocenters. The Labute approximate surface area is 144 Å². The summed E-state index contributed by atoms with van der Waals surface area (Å²) in [5.74, 6) is 0.672. The number of esters is 2. The molecule has 0 aliphatic carbocycles. The van der Waals surface area contributed by atoms with Crippen LogP contribution in [0.5, 0.6) is 5.75 Å². The molecule has 2 rings (SSSR count). The molecular weight excluding hydrogens is 310 g/mol. The van der Waals surface area contributed by atoms with Crippen molar-refractivity contribution in [1.29, 1.82) is 0 Å². The Kier molecular flexibility index (Phi) is 12.0. The molecule has 1 heterocycles. The number of anilines is 1. The van der Waals surface area contributed by atoms with E-state index in [0.717, 1.165) is 30.9 Å². The van der Waals surface area contributed by atoms with Gasteiger partial charge in [0.05, 0.1) is 19.8 Å². The molecule has 0 spiro atoms. The minimum Gasteiger partial charge on any atom is -0.493 e. The number of ether oxygens (including phenoxy) is 3. The third-order valence-electron chi connectivity index (χ3n) is 2.87. The fourth-order valence-electron chi connectivity index (χ4n) is 1.85. The van der Waals surface area contributed by atoms with E-state index in [-0.39, 0.29) is 11.9 Å². The van der Waals surface area contributed by atoms with E-state index in [9.17, 15) is 9.59 Å². The van der Waals surface area contributed by atoms with Gasteiger partial charge in [-0.25, -0.2) is 0 Å². The number of nitrogens with two attached hydrogens (primary N) is 1. The number of rotatable bonds is 3. The minimum atomic E-state index is -0.211. The first-order chi connectivity index (χ1) is 11.4. The highest BCUT2D eigenvalue weighted by molar-refractivity contribution is 5.68. The van der Waals surface area contributed by atoms with Gasteiger partial charge >= 0.3 is 11.9 Å². The van der Waals surface area contributed by atoms with Crippen molar-refractivity contribution in [3.8, 4) is 5.75 Å². The van der Waals surface area contributed by atoms with Gasteiger partial charge in [0.25, 0.3) is 0 Å². The molecule has 1 aliphatic rings. The summed E-state index contributed by atoms with van der Waals surface area (Å²) >= 11 is 0. The van der Waals surface area contributed by atoms with Crippen LogP contribution in [0, 0.1) is 0 Å². The van der Waals surface area contributed by atoms with Gasteiger partial charge in [0.2, 0.25) is 0 Å². The number of hydrogen-bond donors (Lipinski definition) is 1. The summed E-state index contributed by atoms with van der Waals surface area (Å²) < 4.78 is 14.4. The summed E-state index contributed by atoms with van der Waals surface area (Å²) in [5.41, 5.74) is 7.70. The quantitative estimate of drug-likeness (QED) is 0.672. The van der Waals surface area contributed by atoms with E-state index < -0.39 is 0 Å². The van der Waals surface area contributed by atoms with Crippen molar-refractivity contribution < 1.29 is 23.8 Å². The summed E-state index contributed by atoms with van der Waals surface area (Å²) in [6.07, 6.45) is 2.69. The normalized spacial score (nSPS) is 11.3. The van der Waals surface area contributed by atoms with Crippen LogP contribution in [-0.2, 0) is 25.5 Å². The Morgan fingerprint density at radius 2 is 1.83 bits per heavy atom. The number of carbonyl (C=O) groups is 2. The van der Waals surface area contributed by atoms with Gasteiger partial charge in [0.15, 0.2) is 0 Å². The van der Waals surface area contributed by atoms with Gasteiger partial charge in [-0.2, -0.15) is 0 Å². The van der Waals surface area contributed by atoms with Crippen LogP contribution in [-0.4, -0.2) is 31.8 Å². The average Bonchev–Trinajstić information content (AvgIpc) is 2.56. The predicted octanol–water partition coefficient (Wildman–Crippen LogP) is 3.12. The van der Waals surface area contributed by atoms with Crippen LogP contribution in [0.15, 0.2) is 18.2 Å². The molecule has 0 saturated heterocycles. The summed E-state index contributed by atoms with van der Waals surface area (Å²) in [5, 5.41) is 0. The van der Waals surface area contributed by atoms with E-state index in [2.05, 4.69) is 9.47 Å². The smallest absolute Gasteiger partial charge is 0.305 e. The molecule has 0 aromatic heterocycles. The number of carbonyl (C=O) groups excluding carboxylic acids is 2. The van der Waals surface area contributed by atoms with Crippen molar-refractivity contribution in [2.45, 2.75) is 47.0 Å². The summed E-state index contributed by atoms with van der Waals surface area (Å²) in [4.78, 5) is 20.0. The van der Waals surface area contributed by atoms with Crippen molar-refractivity contribution in [1.82, 2.24) is 0 Å². The number of aryl methyl sites for hydroxylation is 1. The van der Waals surface area contributed by atoms with Crippen LogP contribution in [0.4, 0.5) is 5.69 Å². The van der Waals surface area contributed by atoms with E-state index in [4.69, 9.17) is 10.5 Å². The zero-order chi connectivity index (χ0) is 18.4. The Bertz CT molecular complexity index is 502. The Morgan fingerprint density at radius 1 is 1.17 bits per heavy atom. The standard InChI is InChI=1S/C9H11NO.C5H10O2.C4H8O2/c10-8-3-4-9-7(6-8)2-1-5-11-9;1-3-5(6)7-4-2;1-3-6-4(2)5/h3-4,6H,1-2,5,10H2;3-4H2,1-2H3;3H2,1-2H3. The van der Waals surface area contributed by atoms with Gasteiger partial charge in [0, 0.05) is 19.0 Å². The Morgan fingerprint density at radius 3 is 2.29 bits per heavy atom. The van der Waals surface area contributed by atoms with Gasteiger partial charge in [-0.05, 0) is 50.5 Å². The third kappa shape index (κ3) is 10.5. The second kappa shape index (κ2) is 13.2. The van der Waals surface area contributed by atoms with Crippen molar-refractivity contribution in [3.05, 3.63) is 23.8 Å². The highest BCUT2D eigenvalue weighted by Gasteiger charge is 2.08. The van der Waals surface area contributed by atoms with Crippen LogP contribution in [0.25, 0.3) is 0 Å². The molecule has 0 fully saturated rings. The molecule has 0 amide bonds. The lowest BCUT2D eigenvalue weighted by Crippen LogP contribution is -2.08. The largest absolute Gasteiger partial charge is 0.493 e. The van der Waals surface area contributed by atoms with Crippen LogP contribution >= 0.6 is 0 Å². The maximum atomic E-state index is 10.2. The molecule has 1 aromatic carbocycles. The second-order valence-electron chi connectivity index (χ2n) is 4.90. The summed E-state index contributed by atoms with van der Waals surface area (Å²) in [6, 6.07) is 5.82. The lowest BCUT2D eigenvalue weighted by atomic mass is 10.1. The fraction of sp³-hybridized carbons (Fsp3) is 0.556. The predicted molar refractivity (Wildman–Crippen MR) is 93.9 cm³/mol. The lowest BCUT2D eigenvalue weighted by molar-refractivity contribution is -0.143. The van der Waals surface area contributed by atoms with Gasteiger partial charge in [0.1, 0.15) is 5.75 Å². The molecule has 24 heavy (non-hydrogen) atoms. The maximum Gasteiger partial charge on any atom is 0.305 e. The topological polar surface area (TPSA) is 87.9 Å². The molecule has 6 nitrogen and oxygen atoms in total. The molecule has 2 N–H and O–H groups in total. The van der Waals surface area contributed by atoms with Gasteiger partial charge in [-0.1, -0.05) is 6.92 Å². The highest BCUT2D eigenvalue weighted by atomic mass is 16.5. The fourth-order valence-corrected chi connectivity index (χ4v) is 1.85. The number of benzene rings is 1. The molecule has 136 valence electrons. The van der Waals surface area contributed by atoms with Crippen molar-refractivity contribution in [2.24, 2.45) is 0 Å². The molecule has 0 unspecified atom stereocenters. The van der Waals surface area contributed by atoms with Crippen LogP contribution in [0.2, 0.25) is 0 Å². The number of hydrogen-bond acceptors (Lipinski definition) is 6. The minimum absolute atomic E-state index is 0.123. The van der Waals surface area contributed by atoms with E-state index in [1.165, 1.54) is 12.5 Å². The molecule has 6 heteroatoms. The highest BCUT2D eigenvalue weighted by Crippen LogP contribution is 2.25. The zero-order valence-electron chi connectivity index (χ0n) is 15.1. The molecule has 1 aromatic rings. The third-order valence-corrected chi connectivity index (χ3v) is 2.87. The summed E-state index contributed by atoms with van der Waals surface area (Å²) in [6.45, 7) is 8.56. The second-order valence-corrected chi connectivity index (χ2v) is 4.90.